The molecule has 0 fully saturated rings. The molecule has 2 aliphatic heterocycles. The number of hydrogen-bond acceptors (Lipinski definition) is 6. The van der Waals surface area contributed by atoms with Gasteiger partial charge in [0.1, 0.15) is 0 Å². The van der Waals surface area contributed by atoms with Crippen LogP contribution in [0, 0.1) is 0 Å². The standard InChI is InChI=1S/C14H12O6P/c1-15-9-5-3-7-11-13(9)19-21(17-11)18-12-8-4-6-10(16-2)14(12)20-21/h3-8H,1-2H3/q+1. The van der Waals surface area contributed by atoms with Gasteiger partial charge in [-0.2, -0.15) is 0 Å². The van der Waals surface area contributed by atoms with Gasteiger partial charge >= 0.3 is 8.17 Å². The highest BCUT2D eigenvalue weighted by Crippen LogP contribution is 2.74. The molecule has 21 heavy (non-hydrogen) atoms. The largest absolute Gasteiger partial charge is 0.767 e. The zero-order chi connectivity index (χ0) is 14.4. The van der Waals surface area contributed by atoms with Crippen molar-refractivity contribution < 1.29 is 27.6 Å². The van der Waals surface area contributed by atoms with Crippen molar-refractivity contribution in [1.82, 2.24) is 0 Å². The van der Waals surface area contributed by atoms with Gasteiger partial charge in [0.25, 0.3) is 11.5 Å². The van der Waals surface area contributed by atoms with Crippen molar-refractivity contribution in [2.24, 2.45) is 0 Å². The summed E-state index contributed by atoms with van der Waals surface area (Å²) in [7, 11) is 0.130. The molecular weight excluding hydrogens is 295 g/mol. The van der Waals surface area contributed by atoms with Gasteiger partial charge < -0.3 is 9.47 Å². The Labute approximate surface area is 121 Å². The fraction of sp³-hybridized carbons (Fsp3) is 0.143. The van der Waals surface area contributed by atoms with Gasteiger partial charge in [0.15, 0.2) is 11.5 Å². The number of hydrogen-bond donors (Lipinski definition) is 0. The monoisotopic (exact) mass is 307 g/mol. The zero-order valence-corrected chi connectivity index (χ0v) is 12.3. The molecule has 2 aliphatic rings. The van der Waals surface area contributed by atoms with Crippen LogP contribution >= 0.6 is 8.17 Å². The van der Waals surface area contributed by atoms with Crippen LogP contribution in [0.25, 0.3) is 0 Å². The first-order valence-corrected chi connectivity index (χ1v) is 7.72. The number of rotatable bonds is 2. The second-order valence-electron chi connectivity index (χ2n) is 4.39. The Balaban J connectivity index is 1.71. The summed E-state index contributed by atoms with van der Waals surface area (Å²) in [5.74, 6) is 3.18. The van der Waals surface area contributed by atoms with E-state index in [1.54, 1.807) is 38.5 Å². The van der Waals surface area contributed by atoms with Crippen LogP contribution in [0.1, 0.15) is 0 Å². The second kappa shape index (κ2) is 4.33. The van der Waals surface area contributed by atoms with Gasteiger partial charge in [0.2, 0.25) is 11.5 Å². The predicted molar refractivity (Wildman–Crippen MR) is 75.4 cm³/mol. The number of fused-ring (bicyclic) bond motifs is 2. The molecule has 0 saturated heterocycles. The molecule has 0 aliphatic carbocycles. The molecule has 4 rings (SSSR count). The van der Waals surface area contributed by atoms with Crippen LogP contribution in [0.3, 0.4) is 0 Å². The molecule has 0 radical (unpaired) electrons. The summed E-state index contributed by atoms with van der Waals surface area (Å²) in [4.78, 5) is 0. The summed E-state index contributed by atoms with van der Waals surface area (Å²) >= 11 is 0. The molecule has 2 aromatic rings. The van der Waals surface area contributed by atoms with Crippen molar-refractivity contribution in [3.63, 3.8) is 0 Å². The molecule has 0 bridgehead atoms. The lowest BCUT2D eigenvalue weighted by atomic mass is 10.3. The quantitative estimate of drug-likeness (QED) is 0.790. The summed E-state index contributed by atoms with van der Waals surface area (Å²) in [6, 6.07) is 10.7. The highest BCUT2D eigenvalue weighted by Gasteiger charge is 2.67. The molecule has 0 saturated carbocycles. The van der Waals surface area contributed by atoms with E-state index < -0.39 is 8.17 Å². The normalized spacial score (nSPS) is 16.1. The molecule has 0 unspecified atom stereocenters. The van der Waals surface area contributed by atoms with Crippen LogP contribution in [0.2, 0.25) is 0 Å². The van der Waals surface area contributed by atoms with Gasteiger partial charge in [-0.1, -0.05) is 12.1 Å². The van der Waals surface area contributed by atoms with E-state index in [1.807, 2.05) is 12.1 Å². The van der Waals surface area contributed by atoms with E-state index in [-0.39, 0.29) is 0 Å². The van der Waals surface area contributed by atoms with Crippen LogP contribution in [0.15, 0.2) is 36.4 Å². The average Bonchev–Trinajstić information content (AvgIpc) is 3.04. The van der Waals surface area contributed by atoms with Crippen LogP contribution in [0.5, 0.6) is 34.5 Å². The third kappa shape index (κ3) is 1.76. The van der Waals surface area contributed by atoms with Gasteiger partial charge in [0, 0.05) is 0 Å². The first kappa shape index (κ1) is 12.4. The maximum atomic E-state index is 5.82. The Hall–Kier alpha value is -2.33. The van der Waals surface area contributed by atoms with E-state index >= 15 is 0 Å². The molecule has 0 N–H and O–H groups in total. The van der Waals surface area contributed by atoms with E-state index in [4.69, 9.17) is 27.6 Å². The Bertz CT molecular complexity index is 655. The van der Waals surface area contributed by atoms with Crippen LogP contribution in [-0.2, 0) is 0 Å². The molecule has 7 heteroatoms. The smallest absolute Gasteiger partial charge is 0.492 e. The SMILES string of the molecule is COc1cccc2c1O[P+]1(O2)Oc2cccc(OC)c2O1. The van der Waals surface area contributed by atoms with Crippen LogP contribution < -0.4 is 27.6 Å². The number of benzene rings is 2. The molecule has 2 aromatic carbocycles. The highest BCUT2D eigenvalue weighted by molar-refractivity contribution is 7.58. The number of ether oxygens (including phenoxy) is 2. The molecular formula is C14H12O6P+. The van der Waals surface area contributed by atoms with Crippen LogP contribution in [0.4, 0.5) is 0 Å². The summed E-state index contributed by atoms with van der Waals surface area (Å²) in [5.41, 5.74) is 0. The van der Waals surface area contributed by atoms with Crippen molar-refractivity contribution in [3.8, 4) is 34.5 Å². The van der Waals surface area contributed by atoms with Gasteiger partial charge in [-0.05, 0) is 24.3 Å². The van der Waals surface area contributed by atoms with Gasteiger partial charge in [-0.3, -0.25) is 0 Å². The minimum atomic E-state index is -3.00. The number of methoxy groups -OCH3 is 2. The fourth-order valence-electron chi connectivity index (χ4n) is 2.21. The Morgan fingerprint density at radius 1 is 0.714 bits per heavy atom. The molecule has 0 aromatic heterocycles. The van der Waals surface area contributed by atoms with E-state index in [2.05, 4.69) is 0 Å². The lowest BCUT2D eigenvalue weighted by molar-refractivity contribution is 0.321. The molecule has 0 amide bonds. The first-order valence-electron chi connectivity index (χ1n) is 6.26. The molecule has 108 valence electrons. The lowest BCUT2D eigenvalue weighted by Crippen LogP contribution is -2.10. The molecule has 6 nitrogen and oxygen atoms in total. The number of para-hydroxylation sites is 2. The Morgan fingerprint density at radius 3 is 1.62 bits per heavy atom. The third-order valence-electron chi connectivity index (χ3n) is 3.15. The topological polar surface area (TPSA) is 55.4 Å². The highest BCUT2D eigenvalue weighted by atomic mass is 31.2. The van der Waals surface area contributed by atoms with E-state index in [1.165, 1.54) is 0 Å². The van der Waals surface area contributed by atoms with E-state index in [9.17, 15) is 0 Å². The van der Waals surface area contributed by atoms with Crippen molar-refractivity contribution in [2.45, 2.75) is 0 Å². The summed E-state index contributed by atoms with van der Waals surface area (Å²) in [6.45, 7) is 0. The average molecular weight is 307 g/mol. The fourth-order valence-corrected chi connectivity index (χ4v) is 4.01. The molecule has 0 atom stereocenters. The van der Waals surface area contributed by atoms with Crippen molar-refractivity contribution in [3.05, 3.63) is 36.4 Å². The van der Waals surface area contributed by atoms with Crippen molar-refractivity contribution in [1.29, 1.82) is 0 Å². The lowest BCUT2D eigenvalue weighted by Gasteiger charge is -2.05. The van der Waals surface area contributed by atoms with E-state index in [0.29, 0.717) is 34.5 Å². The maximum Gasteiger partial charge on any atom is 0.767 e. The minimum absolute atomic E-state index is 0.486. The summed E-state index contributed by atoms with van der Waals surface area (Å²) in [6.07, 6.45) is 0. The molecule has 1 spiro atoms. The van der Waals surface area contributed by atoms with Gasteiger partial charge in [-0.25, -0.2) is 18.1 Å². The van der Waals surface area contributed by atoms with Crippen molar-refractivity contribution in [2.75, 3.05) is 14.2 Å². The third-order valence-corrected chi connectivity index (χ3v) is 4.80. The second-order valence-corrected chi connectivity index (χ2v) is 6.01. The Kier molecular flexibility index (Phi) is 2.56. The van der Waals surface area contributed by atoms with Gasteiger partial charge in [-0.15, -0.1) is 0 Å². The summed E-state index contributed by atoms with van der Waals surface area (Å²) < 4.78 is 33.7. The summed E-state index contributed by atoms with van der Waals surface area (Å²) in [5, 5.41) is 0. The van der Waals surface area contributed by atoms with E-state index in [0.717, 1.165) is 0 Å². The first-order chi connectivity index (χ1) is 10.2. The van der Waals surface area contributed by atoms with Gasteiger partial charge in [0.05, 0.1) is 14.2 Å². The van der Waals surface area contributed by atoms with Crippen LogP contribution in [-0.4, -0.2) is 14.2 Å². The predicted octanol–water partition coefficient (Wildman–Crippen LogP) is 3.62. The maximum absolute atomic E-state index is 5.82. The minimum Gasteiger partial charge on any atom is -0.492 e. The van der Waals surface area contributed by atoms with Crippen molar-refractivity contribution >= 4 is 8.17 Å². The molecule has 2 heterocycles. The zero-order valence-electron chi connectivity index (χ0n) is 11.4. The Morgan fingerprint density at radius 2 is 1.19 bits per heavy atom.